The maximum absolute atomic E-state index is 12.0. The van der Waals surface area contributed by atoms with E-state index >= 15 is 0 Å². The van der Waals surface area contributed by atoms with E-state index in [9.17, 15) is 13.5 Å². The minimum absolute atomic E-state index is 0.0859. The van der Waals surface area contributed by atoms with Crippen molar-refractivity contribution in [1.29, 1.82) is 0 Å². The Labute approximate surface area is 127 Å². The van der Waals surface area contributed by atoms with Gasteiger partial charge >= 0.3 is 0 Å². The van der Waals surface area contributed by atoms with Crippen molar-refractivity contribution in [1.82, 2.24) is 4.90 Å². The molecule has 0 aromatic carbocycles. The molecule has 0 amide bonds. The van der Waals surface area contributed by atoms with Crippen LogP contribution in [-0.2, 0) is 9.84 Å². The zero-order valence-electron chi connectivity index (χ0n) is 12.5. The van der Waals surface area contributed by atoms with Gasteiger partial charge in [0.05, 0.1) is 0 Å². The third-order valence-corrected chi connectivity index (χ3v) is 7.58. The molecule has 1 unspecified atom stereocenters. The van der Waals surface area contributed by atoms with Gasteiger partial charge in [0.2, 0.25) is 0 Å². The molecule has 1 atom stereocenters. The summed E-state index contributed by atoms with van der Waals surface area (Å²) in [6.45, 7) is 3.99. The Hall–Kier alpha value is 0.220. The summed E-state index contributed by atoms with van der Waals surface area (Å²) in [7, 11) is -3.05. The Morgan fingerprint density at radius 1 is 1.35 bits per heavy atom. The average molecular weight is 322 g/mol. The van der Waals surface area contributed by atoms with Gasteiger partial charge in [-0.2, -0.15) is 11.8 Å². The predicted octanol–water partition coefficient (Wildman–Crippen LogP) is 1.59. The van der Waals surface area contributed by atoms with E-state index in [2.05, 4.69) is 11.8 Å². The first-order valence-electron chi connectivity index (χ1n) is 7.48. The molecule has 0 radical (unpaired) electrons. The van der Waals surface area contributed by atoms with Gasteiger partial charge in [-0.1, -0.05) is 19.8 Å². The molecule has 2 fully saturated rings. The second-order valence-electron chi connectivity index (χ2n) is 6.67. The van der Waals surface area contributed by atoms with E-state index in [1.54, 1.807) is 11.8 Å². The van der Waals surface area contributed by atoms with E-state index in [1.807, 2.05) is 0 Å². The first-order chi connectivity index (χ1) is 9.36. The van der Waals surface area contributed by atoms with Crippen molar-refractivity contribution in [3.05, 3.63) is 0 Å². The third-order valence-electron chi connectivity index (χ3n) is 4.89. The number of aliphatic hydroxyl groups is 1. The van der Waals surface area contributed by atoms with Gasteiger partial charge in [-0.25, -0.2) is 8.42 Å². The van der Waals surface area contributed by atoms with E-state index < -0.39 is 9.84 Å². The molecule has 4 nitrogen and oxygen atoms in total. The van der Waals surface area contributed by atoms with Crippen LogP contribution in [0.25, 0.3) is 0 Å². The number of nitrogens with zero attached hydrogens (tertiary/aromatic N) is 1. The van der Waals surface area contributed by atoms with Crippen molar-refractivity contribution in [2.75, 3.05) is 37.5 Å². The van der Waals surface area contributed by atoms with Gasteiger partial charge in [-0.15, -0.1) is 0 Å². The van der Waals surface area contributed by atoms with Gasteiger partial charge < -0.3 is 5.11 Å². The fourth-order valence-corrected chi connectivity index (χ4v) is 6.30. The number of thioether (sulfide) groups is 1. The molecule has 1 N–H and O–H groups in total. The fourth-order valence-electron chi connectivity index (χ4n) is 3.36. The number of hydrogen-bond donors (Lipinski definition) is 1. The lowest BCUT2D eigenvalue weighted by molar-refractivity contribution is 0.0281. The summed E-state index contributed by atoms with van der Waals surface area (Å²) < 4.78 is 23.9. The standard InChI is InChI=1S/C14H27NO3S2/c1-12-3-5-14(11-16,6-4-12)10-15-7-8-19-9-13(15)20(2,17)18/h12-13,16H,3-11H2,1-2H3. The molecular formula is C14H27NO3S2. The third kappa shape index (κ3) is 3.90. The molecule has 0 aromatic heterocycles. The average Bonchev–Trinajstić information content (AvgIpc) is 2.41. The van der Waals surface area contributed by atoms with Crippen LogP contribution in [0.15, 0.2) is 0 Å². The monoisotopic (exact) mass is 321 g/mol. The van der Waals surface area contributed by atoms with E-state index in [-0.39, 0.29) is 17.4 Å². The lowest BCUT2D eigenvalue weighted by atomic mass is 9.71. The van der Waals surface area contributed by atoms with Crippen LogP contribution in [0.3, 0.4) is 0 Å². The van der Waals surface area contributed by atoms with Crippen molar-refractivity contribution in [3.63, 3.8) is 0 Å². The van der Waals surface area contributed by atoms with Crippen LogP contribution >= 0.6 is 11.8 Å². The van der Waals surface area contributed by atoms with Crippen LogP contribution in [0.4, 0.5) is 0 Å². The Kier molecular flexibility index (Phi) is 5.43. The summed E-state index contributed by atoms with van der Waals surface area (Å²) in [4.78, 5) is 2.11. The number of sulfone groups is 1. The molecule has 1 saturated carbocycles. The van der Waals surface area contributed by atoms with Crippen LogP contribution in [-0.4, -0.2) is 61.3 Å². The molecular weight excluding hydrogens is 294 g/mol. The molecule has 0 aromatic rings. The Morgan fingerprint density at radius 2 is 2.00 bits per heavy atom. The maximum Gasteiger partial charge on any atom is 0.164 e. The summed E-state index contributed by atoms with van der Waals surface area (Å²) in [6.07, 6.45) is 5.67. The van der Waals surface area contributed by atoms with Gasteiger partial charge in [-0.3, -0.25) is 4.90 Å². The highest BCUT2D eigenvalue weighted by Gasteiger charge is 2.39. The largest absolute Gasteiger partial charge is 0.396 e. The SMILES string of the molecule is CC1CCC(CO)(CN2CCSCC2S(C)(=O)=O)CC1. The summed E-state index contributed by atoms with van der Waals surface area (Å²) in [5.41, 5.74) is -0.0859. The zero-order chi connectivity index (χ0) is 14.8. The predicted molar refractivity (Wildman–Crippen MR) is 84.7 cm³/mol. The molecule has 1 aliphatic carbocycles. The highest BCUT2D eigenvalue weighted by atomic mass is 32.2. The van der Waals surface area contributed by atoms with Crippen molar-refractivity contribution < 1.29 is 13.5 Å². The van der Waals surface area contributed by atoms with E-state index in [1.165, 1.54) is 6.26 Å². The van der Waals surface area contributed by atoms with Gasteiger partial charge in [0, 0.05) is 42.9 Å². The minimum Gasteiger partial charge on any atom is -0.396 e. The lowest BCUT2D eigenvalue weighted by Crippen LogP contribution is -2.52. The van der Waals surface area contributed by atoms with Gasteiger partial charge in [0.25, 0.3) is 0 Å². The number of hydrogen-bond acceptors (Lipinski definition) is 5. The Morgan fingerprint density at radius 3 is 2.55 bits per heavy atom. The van der Waals surface area contributed by atoms with Gasteiger partial charge in [0.15, 0.2) is 9.84 Å². The molecule has 1 aliphatic heterocycles. The van der Waals surface area contributed by atoms with Crippen molar-refractivity contribution in [2.45, 2.75) is 38.0 Å². The summed E-state index contributed by atoms with van der Waals surface area (Å²) in [5, 5.41) is 9.49. The molecule has 0 spiro atoms. The van der Waals surface area contributed by atoms with Crippen molar-refractivity contribution in [3.8, 4) is 0 Å². The molecule has 0 bridgehead atoms. The highest BCUT2D eigenvalue weighted by Crippen LogP contribution is 2.40. The molecule has 1 heterocycles. The maximum atomic E-state index is 12.0. The van der Waals surface area contributed by atoms with Crippen LogP contribution in [0.2, 0.25) is 0 Å². The quantitative estimate of drug-likeness (QED) is 0.852. The topological polar surface area (TPSA) is 57.6 Å². The summed E-state index contributed by atoms with van der Waals surface area (Å²) in [5.74, 6) is 2.39. The molecule has 20 heavy (non-hydrogen) atoms. The number of rotatable bonds is 4. The second-order valence-corrected chi connectivity index (χ2v) is 10.0. The minimum atomic E-state index is -3.05. The highest BCUT2D eigenvalue weighted by molar-refractivity contribution is 8.00. The smallest absolute Gasteiger partial charge is 0.164 e. The first kappa shape index (κ1) is 16.6. The zero-order valence-corrected chi connectivity index (χ0v) is 14.2. The second kappa shape index (κ2) is 6.55. The first-order valence-corrected chi connectivity index (χ1v) is 10.6. The summed E-state index contributed by atoms with van der Waals surface area (Å²) >= 11 is 1.72. The van der Waals surface area contributed by atoms with Gasteiger partial charge in [-0.05, 0) is 18.8 Å². The summed E-state index contributed by atoms with van der Waals surface area (Å²) in [6, 6.07) is 0. The molecule has 6 heteroatoms. The normalized spacial score (nSPS) is 37.0. The van der Waals surface area contributed by atoms with Crippen molar-refractivity contribution in [2.24, 2.45) is 11.3 Å². The molecule has 2 aliphatic rings. The molecule has 118 valence electrons. The number of aliphatic hydroxyl groups excluding tert-OH is 1. The lowest BCUT2D eigenvalue weighted by Gasteiger charge is -2.44. The van der Waals surface area contributed by atoms with Crippen LogP contribution in [0, 0.1) is 11.3 Å². The van der Waals surface area contributed by atoms with Crippen LogP contribution < -0.4 is 0 Å². The Balaban J connectivity index is 2.09. The molecule has 1 saturated heterocycles. The van der Waals surface area contributed by atoms with Gasteiger partial charge in [0.1, 0.15) is 5.37 Å². The fraction of sp³-hybridized carbons (Fsp3) is 1.00. The van der Waals surface area contributed by atoms with E-state index in [4.69, 9.17) is 0 Å². The van der Waals surface area contributed by atoms with E-state index in [0.29, 0.717) is 5.75 Å². The van der Waals surface area contributed by atoms with Crippen molar-refractivity contribution >= 4 is 21.6 Å². The van der Waals surface area contributed by atoms with E-state index in [0.717, 1.165) is 50.4 Å². The Bertz CT molecular complexity index is 416. The molecule has 2 rings (SSSR count). The van der Waals surface area contributed by atoms with Crippen LogP contribution in [0.5, 0.6) is 0 Å². The van der Waals surface area contributed by atoms with Crippen LogP contribution in [0.1, 0.15) is 32.6 Å².